The number of carbonyl (C=O) groups excluding carboxylic acids is 4. The zero-order valence-electron chi connectivity index (χ0n) is 32.6. The van der Waals surface area contributed by atoms with Crippen LogP contribution in [0.25, 0.3) is 0 Å². The summed E-state index contributed by atoms with van der Waals surface area (Å²) in [5.74, 6) is -1.56. The van der Waals surface area contributed by atoms with Crippen LogP contribution in [0.5, 0.6) is 0 Å². The van der Waals surface area contributed by atoms with Gasteiger partial charge in [0.25, 0.3) is 0 Å². The van der Waals surface area contributed by atoms with Gasteiger partial charge in [0.05, 0.1) is 0 Å². The minimum absolute atomic E-state index is 0.0421. The molecule has 0 aromatic rings. The lowest BCUT2D eigenvalue weighted by Crippen LogP contribution is -2.67. The fourth-order valence-electron chi connectivity index (χ4n) is 5.21. The van der Waals surface area contributed by atoms with Gasteiger partial charge in [-0.3, -0.25) is 19.2 Å². The normalized spacial score (nSPS) is 27.3. The Bertz CT molecular complexity index is 948. The highest BCUT2D eigenvalue weighted by Crippen LogP contribution is 2.39. The van der Waals surface area contributed by atoms with Crippen LogP contribution in [0.3, 0.4) is 0 Å². The molecule has 0 aliphatic carbocycles. The molecule has 12 nitrogen and oxygen atoms in total. The molecule has 0 radical (unpaired) electrons. The smallest absolute Gasteiger partial charge is 0.317 e. The molecule has 1 aliphatic rings. The predicted octanol–water partition coefficient (Wildman–Crippen LogP) is 7.28. The fraction of sp³-hybridized carbons (Fsp3) is 0.875. The van der Waals surface area contributed by atoms with Crippen LogP contribution in [0.2, 0.25) is 50.4 Å². The van der Waals surface area contributed by atoms with Gasteiger partial charge in [0.1, 0.15) is 22.4 Å². The Morgan fingerprint density at radius 1 is 0.375 bits per heavy atom. The Kier molecular flexibility index (Phi) is 15.1. The van der Waals surface area contributed by atoms with Crippen molar-refractivity contribution >= 4 is 58.1 Å². The van der Waals surface area contributed by atoms with Crippen molar-refractivity contribution < 1.29 is 54.6 Å². The molecular formula is C32H64O12Si4. The summed E-state index contributed by atoms with van der Waals surface area (Å²) in [4.78, 5) is 51.4. The SMILES string of the molecule is CC(C)(C)OC(=O)CC[Si]1(C)O[Si](C)(CCC(=O)OC(C)(C)C)O[Si](C)(CCC(=O)OC(C)(C)C)O[Si](C)(CCC(=O)OC(C)(C)C)O1. The Balaban J connectivity index is 3.56. The number of carbonyl (C=O) groups is 4. The van der Waals surface area contributed by atoms with E-state index in [-0.39, 0.29) is 49.9 Å². The second kappa shape index (κ2) is 16.3. The lowest BCUT2D eigenvalue weighted by atomic mass is 10.2. The lowest BCUT2D eigenvalue weighted by molar-refractivity contribution is -0.155. The molecule has 16 heteroatoms. The van der Waals surface area contributed by atoms with Crippen LogP contribution < -0.4 is 0 Å². The van der Waals surface area contributed by atoms with E-state index in [1.807, 2.05) is 26.2 Å². The summed E-state index contributed by atoms with van der Waals surface area (Å²) < 4.78 is 50.2. The number of hydrogen-bond donors (Lipinski definition) is 0. The summed E-state index contributed by atoms with van der Waals surface area (Å²) in [6.45, 7) is 29.1. The maximum absolute atomic E-state index is 12.9. The van der Waals surface area contributed by atoms with E-state index in [1.54, 1.807) is 83.1 Å². The van der Waals surface area contributed by atoms with Crippen LogP contribution in [0.15, 0.2) is 0 Å². The van der Waals surface area contributed by atoms with Crippen LogP contribution >= 0.6 is 0 Å². The summed E-state index contributed by atoms with van der Waals surface area (Å²) in [5.41, 5.74) is -2.65. The molecular weight excluding hydrogens is 689 g/mol. The highest BCUT2D eigenvalue weighted by molar-refractivity contribution is 6.94. The second-order valence-electron chi connectivity index (χ2n) is 17.3. The quantitative estimate of drug-likeness (QED) is 0.112. The van der Waals surface area contributed by atoms with Gasteiger partial charge in [0.2, 0.25) is 0 Å². The highest BCUT2D eigenvalue weighted by atomic mass is 28.5. The van der Waals surface area contributed by atoms with E-state index < -0.39 is 80.5 Å². The Morgan fingerprint density at radius 2 is 0.521 bits per heavy atom. The van der Waals surface area contributed by atoms with Gasteiger partial charge in [-0.25, -0.2) is 0 Å². The topological polar surface area (TPSA) is 142 Å². The summed E-state index contributed by atoms with van der Waals surface area (Å²) in [6, 6.07) is 0.980. The fourth-order valence-corrected chi connectivity index (χ4v) is 27.9. The molecule has 0 unspecified atom stereocenters. The van der Waals surface area contributed by atoms with Crippen molar-refractivity contribution in [2.24, 2.45) is 0 Å². The average Bonchev–Trinajstić information content (AvgIpc) is 2.79. The molecule has 0 aromatic heterocycles. The molecule has 0 N–H and O–H groups in total. The highest BCUT2D eigenvalue weighted by Gasteiger charge is 2.57. The first kappa shape index (κ1) is 44.6. The van der Waals surface area contributed by atoms with Gasteiger partial charge >= 0.3 is 58.1 Å². The largest absolute Gasteiger partial charge is 0.460 e. The van der Waals surface area contributed by atoms with Gasteiger partial charge in [-0.15, -0.1) is 0 Å². The van der Waals surface area contributed by atoms with Gasteiger partial charge in [-0.2, -0.15) is 0 Å². The van der Waals surface area contributed by atoms with Crippen LogP contribution in [0, 0.1) is 0 Å². The van der Waals surface area contributed by atoms with E-state index >= 15 is 0 Å². The monoisotopic (exact) mass is 752 g/mol. The van der Waals surface area contributed by atoms with Crippen molar-refractivity contribution in [1.82, 2.24) is 0 Å². The van der Waals surface area contributed by atoms with Crippen molar-refractivity contribution in [3.63, 3.8) is 0 Å². The Morgan fingerprint density at radius 3 is 0.646 bits per heavy atom. The van der Waals surface area contributed by atoms with Crippen LogP contribution in [0.1, 0.15) is 109 Å². The molecule has 0 aromatic carbocycles. The maximum atomic E-state index is 12.9. The van der Waals surface area contributed by atoms with Crippen LogP contribution in [-0.2, 0) is 54.6 Å². The molecule has 1 rings (SSSR count). The number of ether oxygens (including phenoxy) is 4. The number of hydrogen-bond acceptors (Lipinski definition) is 12. The van der Waals surface area contributed by atoms with Crippen molar-refractivity contribution in [2.45, 2.75) is 182 Å². The van der Waals surface area contributed by atoms with Gasteiger partial charge in [-0.1, -0.05) is 0 Å². The van der Waals surface area contributed by atoms with Gasteiger partial charge in [0.15, 0.2) is 0 Å². The van der Waals surface area contributed by atoms with E-state index in [0.29, 0.717) is 0 Å². The summed E-state index contributed by atoms with van der Waals surface area (Å²) in [7, 11) is -13.2. The molecule has 0 saturated carbocycles. The summed E-state index contributed by atoms with van der Waals surface area (Å²) >= 11 is 0. The lowest BCUT2D eigenvalue weighted by Gasteiger charge is -2.50. The molecule has 48 heavy (non-hydrogen) atoms. The van der Waals surface area contributed by atoms with Gasteiger partial charge in [0, 0.05) is 49.9 Å². The van der Waals surface area contributed by atoms with Crippen LogP contribution in [-0.4, -0.2) is 80.5 Å². The summed E-state index contributed by atoms with van der Waals surface area (Å²) in [5, 5.41) is 0. The molecule has 0 amide bonds. The van der Waals surface area contributed by atoms with E-state index in [0.717, 1.165) is 0 Å². The third-order valence-electron chi connectivity index (χ3n) is 6.54. The third kappa shape index (κ3) is 19.1. The maximum Gasteiger partial charge on any atom is 0.317 e. The van der Waals surface area contributed by atoms with Gasteiger partial charge < -0.3 is 35.4 Å². The molecule has 1 saturated heterocycles. The molecule has 1 heterocycles. The van der Waals surface area contributed by atoms with Crippen LogP contribution in [0.4, 0.5) is 0 Å². The number of rotatable bonds is 12. The first-order chi connectivity index (χ1) is 21.2. The third-order valence-corrected chi connectivity index (χ3v) is 25.0. The molecule has 1 aliphatic heterocycles. The zero-order chi connectivity index (χ0) is 37.6. The molecule has 0 bridgehead atoms. The van der Waals surface area contributed by atoms with Crippen molar-refractivity contribution in [3.8, 4) is 0 Å². The second-order valence-corrected chi connectivity index (χ2v) is 31.6. The zero-order valence-corrected chi connectivity index (χ0v) is 36.6. The Labute approximate surface area is 293 Å². The Hall–Kier alpha value is -1.41. The predicted molar refractivity (Wildman–Crippen MR) is 192 cm³/mol. The van der Waals surface area contributed by atoms with Crippen molar-refractivity contribution in [2.75, 3.05) is 0 Å². The van der Waals surface area contributed by atoms with E-state index in [2.05, 4.69) is 0 Å². The number of esters is 4. The van der Waals surface area contributed by atoms with Crippen molar-refractivity contribution in [1.29, 1.82) is 0 Å². The van der Waals surface area contributed by atoms with Crippen molar-refractivity contribution in [3.05, 3.63) is 0 Å². The first-order valence-corrected chi connectivity index (χ1v) is 27.0. The molecule has 280 valence electrons. The molecule has 0 atom stereocenters. The van der Waals surface area contributed by atoms with E-state index in [1.165, 1.54) is 0 Å². The van der Waals surface area contributed by atoms with E-state index in [4.69, 9.17) is 35.4 Å². The average molecular weight is 753 g/mol. The van der Waals surface area contributed by atoms with E-state index in [9.17, 15) is 19.2 Å². The van der Waals surface area contributed by atoms with Gasteiger partial charge in [-0.05, 0) is 109 Å². The molecule has 0 spiro atoms. The standard InChI is InChI=1S/C32H64O12Si4/c1-29(2,3)37-25(33)17-21-45(13)41-46(14,22-18-26(34)38-30(4,5)6)43-48(16,24-20-28(36)40-32(10,11)12)44-47(15,42-45)23-19-27(35)39-31(7,8)9/h17-24H2,1-16H3. The minimum atomic E-state index is -3.31. The summed E-state index contributed by atoms with van der Waals surface area (Å²) in [6.07, 6.45) is 0.168. The first-order valence-electron chi connectivity index (χ1n) is 16.9. The minimum Gasteiger partial charge on any atom is -0.460 e. The molecule has 1 fully saturated rings.